The van der Waals surface area contributed by atoms with Crippen LogP contribution in [-0.4, -0.2) is 11.1 Å². The number of ether oxygens (including phenoxy) is 1. The highest BCUT2D eigenvalue weighted by molar-refractivity contribution is 9.10. The van der Waals surface area contributed by atoms with E-state index in [2.05, 4.69) is 26.2 Å². The van der Waals surface area contributed by atoms with E-state index in [1.165, 1.54) is 17.4 Å². The number of fused-ring (bicyclic) bond motifs is 1. The summed E-state index contributed by atoms with van der Waals surface area (Å²) in [6, 6.07) is 12.3. The number of nitrogens with zero attached hydrogens (tertiary/aromatic N) is 1. The third-order valence-corrected chi connectivity index (χ3v) is 4.39. The monoisotopic (exact) mass is 380 g/mol. The van der Waals surface area contributed by atoms with E-state index in [0.29, 0.717) is 15.1 Å². The Labute approximate surface area is 138 Å². The lowest BCUT2D eigenvalue weighted by Gasteiger charge is -2.04. The quantitative estimate of drug-likeness (QED) is 0.699. The van der Waals surface area contributed by atoms with Crippen LogP contribution in [0.15, 0.2) is 46.9 Å². The summed E-state index contributed by atoms with van der Waals surface area (Å²) in [6.07, 6.45) is -0.595. The van der Waals surface area contributed by atoms with Crippen molar-refractivity contribution in [3.8, 4) is 0 Å². The Hall–Kier alpha value is -1.99. The van der Waals surface area contributed by atoms with Crippen molar-refractivity contribution in [2.45, 2.75) is 6.61 Å². The van der Waals surface area contributed by atoms with Crippen LogP contribution in [0.2, 0.25) is 0 Å². The molecule has 0 radical (unpaired) electrons. The first-order chi connectivity index (χ1) is 10.6. The lowest BCUT2D eigenvalue weighted by molar-refractivity contribution is 0.155. The van der Waals surface area contributed by atoms with Crippen molar-refractivity contribution >= 4 is 48.7 Å². The normalized spacial score (nSPS) is 10.6. The number of nitrogens with one attached hydrogen (secondary N) is 1. The highest BCUT2D eigenvalue weighted by Gasteiger charge is 2.11. The Bertz CT molecular complexity index is 784. The van der Waals surface area contributed by atoms with Crippen LogP contribution in [0.3, 0.4) is 0 Å². The zero-order valence-corrected chi connectivity index (χ0v) is 13.6. The van der Waals surface area contributed by atoms with Crippen LogP contribution in [0.5, 0.6) is 0 Å². The van der Waals surface area contributed by atoms with Crippen LogP contribution in [0.4, 0.5) is 14.3 Å². The molecule has 22 heavy (non-hydrogen) atoms. The van der Waals surface area contributed by atoms with Crippen molar-refractivity contribution in [1.82, 2.24) is 4.98 Å². The molecule has 0 bridgehead atoms. The van der Waals surface area contributed by atoms with Crippen LogP contribution in [-0.2, 0) is 11.3 Å². The van der Waals surface area contributed by atoms with E-state index >= 15 is 0 Å². The molecular weight excluding hydrogens is 371 g/mol. The molecule has 7 heteroatoms. The molecule has 1 heterocycles. The van der Waals surface area contributed by atoms with Crippen LogP contribution in [0.1, 0.15) is 5.56 Å². The van der Waals surface area contributed by atoms with Crippen molar-refractivity contribution in [3.63, 3.8) is 0 Å². The van der Waals surface area contributed by atoms with E-state index < -0.39 is 11.9 Å². The zero-order chi connectivity index (χ0) is 15.5. The molecule has 3 rings (SSSR count). The molecule has 0 unspecified atom stereocenters. The van der Waals surface area contributed by atoms with Gasteiger partial charge >= 0.3 is 6.09 Å². The molecule has 0 atom stereocenters. The van der Waals surface area contributed by atoms with Crippen LogP contribution >= 0.6 is 27.3 Å². The Morgan fingerprint density at radius 2 is 2.09 bits per heavy atom. The maximum Gasteiger partial charge on any atom is 0.413 e. The van der Waals surface area contributed by atoms with Crippen LogP contribution in [0.25, 0.3) is 10.2 Å². The molecule has 112 valence electrons. The smallest absolute Gasteiger partial charge is 0.413 e. The first kappa shape index (κ1) is 14.9. The fraction of sp³-hybridized carbons (Fsp3) is 0.0667. The molecular formula is C15H10BrFN2O2S. The van der Waals surface area contributed by atoms with Gasteiger partial charge in [-0.25, -0.2) is 14.2 Å². The largest absolute Gasteiger partial charge is 0.444 e. The minimum Gasteiger partial charge on any atom is -0.444 e. The number of hydrogen-bond donors (Lipinski definition) is 1. The molecule has 2 aromatic carbocycles. The highest BCUT2D eigenvalue weighted by Crippen LogP contribution is 2.30. The molecule has 1 aromatic heterocycles. The molecule has 0 aliphatic rings. The average Bonchev–Trinajstić information content (AvgIpc) is 2.88. The maximum atomic E-state index is 13.4. The van der Waals surface area contributed by atoms with E-state index in [9.17, 15) is 9.18 Å². The summed E-state index contributed by atoms with van der Waals surface area (Å²) < 4.78 is 19.7. The predicted octanol–water partition coefficient (Wildman–Crippen LogP) is 4.95. The number of anilines is 1. The Balaban J connectivity index is 1.66. The third-order valence-electron chi connectivity index (χ3n) is 2.85. The van der Waals surface area contributed by atoms with E-state index in [-0.39, 0.29) is 6.61 Å². The number of amides is 1. The van der Waals surface area contributed by atoms with Crippen LogP contribution < -0.4 is 5.32 Å². The van der Waals surface area contributed by atoms with Gasteiger partial charge in [-0.05, 0) is 27.6 Å². The molecule has 4 nitrogen and oxygen atoms in total. The van der Waals surface area contributed by atoms with Crippen molar-refractivity contribution in [3.05, 3.63) is 58.3 Å². The average molecular weight is 381 g/mol. The van der Waals surface area contributed by atoms with Gasteiger partial charge in [0.25, 0.3) is 0 Å². The molecule has 3 aromatic rings. The minimum absolute atomic E-state index is 0.178. The molecule has 0 saturated heterocycles. The van der Waals surface area contributed by atoms with Gasteiger partial charge < -0.3 is 4.74 Å². The molecule has 0 fully saturated rings. The third kappa shape index (κ3) is 3.42. The fourth-order valence-electron chi connectivity index (χ4n) is 1.82. The summed E-state index contributed by atoms with van der Waals surface area (Å²) in [5.74, 6) is -0.393. The molecule has 0 aliphatic carbocycles. The number of carbonyl (C=O) groups excluding carboxylic acids is 1. The first-order valence-electron chi connectivity index (χ1n) is 6.35. The minimum atomic E-state index is -0.595. The van der Waals surface area contributed by atoms with Crippen molar-refractivity contribution in [2.75, 3.05) is 5.32 Å². The summed E-state index contributed by atoms with van der Waals surface area (Å²) >= 11 is 4.37. The van der Waals surface area contributed by atoms with Gasteiger partial charge in [-0.2, -0.15) is 0 Å². The molecule has 0 saturated carbocycles. The summed E-state index contributed by atoms with van der Waals surface area (Å²) in [7, 11) is 0. The zero-order valence-electron chi connectivity index (χ0n) is 11.2. The van der Waals surface area contributed by atoms with Crippen molar-refractivity contribution < 1.29 is 13.9 Å². The number of hydrogen-bond acceptors (Lipinski definition) is 4. The Kier molecular flexibility index (Phi) is 4.35. The number of thiazole rings is 1. The van der Waals surface area contributed by atoms with Gasteiger partial charge in [-0.3, -0.25) is 5.32 Å². The number of carbonyl (C=O) groups is 1. The van der Waals surface area contributed by atoms with Gasteiger partial charge in [-0.1, -0.05) is 41.7 Å². The summed E-state index contributed by atoms with van der Waals surface area (Å²) in [5.41, 5.74) is 1.39. The Morgan fingerprint density at radius 1 is 1.32 bits per heavy atom. The number of benzene rings is 2. The van der Waals surface area contributed by atoms with E-state index in [0.717, 1.165) is 10.3 Å². The molecule has 0 aliphatic heterocycles. The maximum absolute atomic E-state index is 13.4. The second-order valence-corrected chi connectivity index (χ2v) is 6.32. The molecule has 1 amide bonds. The second kappa shape index (κ2) is 6.41. The molecule has 1 N–H and O–H groups in total. The lowest BCUT2D eigenvalue weighted by atomic mass is 10.2. The first-order valence-corrected chi connectivity index (χ1v) is 7.96. The number of aromatic nitrogens is 1. The van der Waals surface area contributed by atoms with Crippen LogP contribution in [0, 0.1) is 5.82 Å². The van der Waals surface area contributed by atoms with Gasteiger partial charge in [-0.15, -0.1) is 0 Å². The fourth-order valence-corrected chi connectivity index (χ4v) is 3.19. The standard InChI is InChI=1S/C15H10BrFN2O2S/c16-10-6-13-12(7-11(10)17)18-14(22-13)19-15(20)21-8-9-4-2-1-3-5-9/h1-7H,8H2,(H,18,19,20). The van der Waals surface area contributed by atoms with Gasteiger partial charge in [0.15, 0.2) is 5.13 Å². The molecule has 0 spiro atoms. The van der Waals surface area contributed by atoms with E-state index in [1.54, 1.807) is 6.07 Å². The predicted molar refractivity (Wildman–Crippen MR) is 87.5 cm³/mol. The lowest BCUT2D eigenvalue weighted by Crippen LogP contribution is -2.13. The topological polar surface area (TPSA) is 51.2 Å². The SMILES string of the molecule is O=C(Nc1nc2cc(F)c(Br)cc2s1)OCc1ccccc1. The second-order valence-electron chi connectivity index (χ2n) is 4.44. The van der Waals surface area contributed by atoms with Gasteiger partial charge in [0.1, 0.15) is 12.4 Å². The van der Waals surface area contributed by atoms with Crippen molar-refractivity contribution in [1.29, 1.82) is 0 Å². The van der Waals surface area contributed by atoms with Gasteiger partial charge in [0, 0.05) is 6.07 Å². The Morgan fingerprint density at radius 3 is 2.86 bits per heavy atom. The summed E-state index contributed by atoms with van der Waals surface area (Å²) in [6.45, 7) is 0.178. The van der Waals surface area contributed by atoms with Crippen molar-refractivity contribution in [2.24, 2.45) is 0 Å². The highest BCUT2D eigenvalue weighted by atomic mass is 79.9. The van der Waals surface area contributed by atoms with Gasteiger partial charge in [0.05, 0.1) is 14.7 Å². The summed E-state index contributed by atoms with van der Waals surface area (Å²) in [4.78, 5) is 15.9. The number of rotatable bonds is 3. The van der Waals surface area contributed by atoms with E-state index in [1.807, 2.05) is 30.3 Å². The van der Waals surface area contributed by atoms with Gasteiger partial charge in [0.2, 0.25) is 0 Å². The van der Waals surface area contributed by atoms with E-state index in [4.69, 9.17) is 4.74 Å². The number of halogens is 2. The summed E-state index contributed by atoms with van der Waals surface area (Å²) in [5, 5.41) is 2.92.